The van der Waals surface area contributed by atoms with Gasteiger partial charge in [-0.25, -0.2) is 0 Å². The van der Waals surface area contributed by atoms with E-state index in [0.29, 0.717) is 20.2 Å². The van der Waals surface area contributed by atoms with Crippen molar-refractivity contribution in [1.29, 1.82) is 0 Å². The molecule has 6 heteroatoms. The fourth-order valence-corrected chi connectivity index (χ4v) is 227. The molecule has 1 heterocycles. The molecule has 1 saturated heterocycles. The van der Waals surface area contributed by atoms with Crippen LogP contribution in [0.4, 0.5) is 0 Å². The summed E-state index contributed by atoms with van der Waals surface area (Å²) < 4.78 is 0. The SMILES string of the molecule is CC(C)(C)[Si]1(C(C)(C)C)P([Si](C)(C)C)[Si](C(C)(C)C)(C(C)(C)C)P1[Si](C)(C)C. The maximum absolute atomic E-state index is 2.79. The Kier molecular flexibility index (Phi) is 7.05. The van der Waals surface area contributed by atoms with Crippen molar-refractivity contribution in [2.24, 2.45) is 0 Å². The van der Waals surface area contributed by atoms with E-state index < -0.39 is 30.3 Å². The fourth-order valence-electron chi connectivity index (χ4n) is 7.50. The van der Waals surface area contributed by atoms with Gasteiger partial charge in [0.25, 0.3) is 0 Å². The molecule has 0 radical (unpaired) electrons. The van der Waals surface area contributed by atoms with Gasteiger partial charge in [-0.3, -0.25) is 0 Å². The van der Waals surface area contributed by atoms with Crippen LogP contribution >= 0.6 is 13.1 Å². The molecule has 0 aromatic carbocycles. The molecule has 0 nitrogen and oxygen atoms in total. The zero-order valence-electron chi connectivity index (χ0n) is 22.9. The van der Waals surface area contributed by atoms with Gasteiger partial charge >= 0.3 is 0 Å². The highest BCUT2D eigenvalue weighted by Crippen LogP contribution is 3.05. The molecule has 1 aliphatic rings. The normalized spacial score (nSPS) is 26.8. The van der Waals surface area contributed by atoms with E-state index in [9.17, 15) is 0 Å². The zero-order valence-corrected chi connectivity index (χ0v) is 28.7. The molecule has 0 saturated carbocycles. The molecular weight excluding hydrogens is 439 g/mol. The van der Waals surface area contributed by atoms with Gasteiger partial charge in [0.2, 0.25) is 0 Å². The average molecular weight is 493 g/mol. The van der Waals surface area contributed by atoms with Crippen LogP contribution in [0.3, 0.4) is 0 Å². The second-order valence-electron chi connectivity index (χ2n) is 15.4. The van der Waals surface area contributed by atoms with Crippen LogP contribution in [-0.4, -0.2) is 30.3 Å². The van der Waals surface area contributed by atoms with Gasteiger partial charge in [-0.15, -0.1) is 13.1 Å². The standard InChI is InChI=1S/C22H54P2Si4/c1-19(2,3)27(20(4,5)6)23(25(13,14)15)28(21(7,8)9,22(10,11)12)24(27)26(16,17)18/h1-18H3. The van der Waals surface area contributed by atoms with Gasteiger partial charge in [0.1, 0.15) is 14.8 Å². The third kappa shape index (κ3) is 3.64. The molecule has 1 aliphatic heterocycles. The monoisotopic (exact) mass is 492 g/mol. The minimum absolute atomic E-state index is 0.190. The number of rotatable bonds is 2. The molecular formula is C22H54P2Si4. The van der Waals surface area contributed by atoms with Gasteiger partial charge < -0.3 is 0 Å². The molecule has 168 valence electrons. The second kappa shape index (κ2) is 7.11. The van der Waals surface area contributed by atoms with Crippen LogP contribution in [0.15, 0.2) is 0 Å². The average Bonchev–Trinajstić information content (AvgIpc) is 2.13. The Hall–Kier alpha value is 1.73. The van der Waals surface area contributed by atoms with Crippen molar-refractivity contribution in [2.75, 3.05) is 0 Å². The van der Waals surface area contributed by atoms with Crippen LogP contribution in [0.5, 0.6) is 0 Å². The van der Waals surface area contributed by atoms with Crippen molar-refractivity contribution >= 4 is 43.4 Å². The summed E-state index contributed by atoms with van der Waals surface area (Å²) in [5.41, 5.74) is 0. The maximum atomic E-state index is 2.79. The Labute approximate surface area is 185 Å². The highest BCUT2D eigenvalue weighted by molar-refractivity contribution is 8.80. The van der Waals surface area contributed by atoms with E-state index in [-0.39, 0.29) is 13.1 Å². The Morgan fingerprint density at radius 3 is 0.607 bits per heavy atom. The molecule has 1 fully saturated rings. The lowest BCUT2D eigenvalue weighted by atomic mass is 10.2. The molecule has 0 aliphatic carbocycles. The minimum Gasteiger partial charge on any atom is -0.130 e. The lowest BCUT2D eigenvalue weighted by Gasteiger charge is -2.86. The van der Waals surface area contributed by atoms with E-state index in [2.05, 4.69) is 122 Å². The summed E-state index contributed by atoms with van der Waals surface area (Å²) in [6.07, 6.45) is 0. The topological polar surface area (TPSA) is 0 Å². The highest BCUT2D eigenvalue weighted by atomic mass is 32.2. The second-order valence-corrected chi connectivity index (χ2v) is 68.4. The molecule has 0 aromatic rings. The largest absolute Gasteiger partial charge is 0.130 e. The summed E-state index contributed by atoms with van der Waals surface area (Å²) in [7, 11) is -5.59. The Morgan fingerprint density at radius 2 is 0.536 bits per heavy atom. The van der Waals surface area contributed by atoms with E-state index in [1.54, 1.807) is 0 Å². The van der Waals surface area contributed by atoms with Crippen LogP contribution in [0.1, 0.15) is 83.1 Å². The number of hydrogen-bond acceptors (Lipinski definition) is 0. The first-order valence-electron chi connectivity index (χ1n) is 11.3. The first-order valence-corrected chi connectivity index (χ1v) is 30.1. The first-order chi connectivity index (χ1) is 11.7. The van der Waals surface area contributed by atoms with Crippen LogP contribution < -0.4 is 0 Å². The molecule has 0 unspecified atom stereocenters. The Morgan fingerprint density at radius 1 is 0.393 bits per heavy atom. The van der Waals surface area contributed by atoms with Crippen molar-refractivity contribution in [3.05, 3.63) is 0 Å². The Bertz CT molecular complexity index is 493. The summed E-state index contributed by atoms with van der Waals surface area (Å²) in [6.45, 7) is 49.4. The van der Waals surface area contributed by atoms with Gasteiger partial charge in [-0.1, -0.05) is 122 Å². The maximum Gasteiger partial charge on any atom is 0.104 e. The summed E-state index contributed by atoms with van der Waals surface area (Å²) in [5, 5.41) is 2.10. The molecule has 0 amide bonds. The quantitative estimate of drug-likeness (QED) is 0.265. The van der Waals surface area contributed by atoms with Gasteiger partial charge in [-0.2, -0.15) is 0 Å². The van der Waals surface area contributed by atoms with Gasteiger partial charge in [0, 0.05) is 0 Å². The fraction of sp³-hybridized carbons (Fsp3) is 1.00. The van der Waals surface area contributed by atoms with E-state index in [4.69, 9.17) is 0 Å². The predicted octanol–water partition coefficient (Wildman–Crippen LogP) is 10.7. The van der Waals surface area contributed by atoms with Crippen molar-refractivity contribution in [3.8, 4) is 0 Å². The van der Waals surface area contributed by atoms with Gasteiger partial charge in [-0.05, 0) is 20.2 Å². The van der Waals surface area contributed by atoms with E-state index in [0.717, 1.165) is 0 Å². The summed E-state index contributed by atoms with van der Waals surface area (Å²) in [6, 6.07) is 0. The van der Waals surface area contributed by atoms with Crippen LogP contribution in [0.25, 0.3) is 0 Å². The summed E-state index contributed by atoms with van der Waals surface area (Å²) >= 11 is 0. The number of hydrogen-bond donors (Lipinski definition) is 0. The summed E-state index contributed by atoms with van der Waals surface area (Å²) in [4.78, 5) is 0. The lowest BCUT2D eigenvalue weighted by molar-refractivity contribution is 0.639. The molecule has 0 N–H and O–H groups in total. The minimum atomic E-state index is -1.52. The predicted molar refractivity (Wildman–Crippen MR) is 151 cm³/mol. The van der Waals surface area contributed by atoms with Gasteiger partial charge in [0.15, 0.2) is 0 Å². The first kappa shape index (κ1) is 27.8. The molecule has 0 aromatic heterocycles. The van der Waals surface area contributed by atoms with Crippen molar-refractivity contribution in [1.82, 2.24) is 0 Å². The van der Waals surface area contributed by atoms with Crippen LogP contribution in [0.2, 0.25) is 59.4 Å². The smallest absolute Gasteiger partial charge is 0.104 e. The van der Waals surface area contributed by atoms with Crippen LogP contribution in [-0.2, 0) is 0 Å². The van der Waals surface area contributed by atoms with E-state index in [1.807, 2.05) is 0 Å². The molecule has 0 spiro atoms. The third-order valence-electron chi connectivity index (χ3n) is 6.82. The van der Waals surface area contributed by atoms with E-state index in [1.165, 1.54) is 0 Å². The molecule has 0 atom stereocenters. The van der Waals surface area contributed by atoms with E-state index >= 15 is 0 Å². The molecule has 1 rings (SSSR count). The van der Waals surface area contributed by atoms with Crippen molar-refractivity contribution in [3.63, 3.8) is 0 Å². The van der Waals surface area contributed by atoms with Crippen molar-refractivity contribution in [2.45, 2.75) is 143 Å². The Balaban J connectivity index is 4.32. The highest BCUT2D eigenvalue weighted by Gasteiger charge is 2.86. The zero-order chi connectivity index (χ0) is 23.2. The van der Waals surface area contributed by atoms with Gasteiger partial charge in [0.05, 0.1) is 15.5 Å². The molecule has 28 heavy (non-hydrogen) atoms. The third-order valence-corrected chi connectivity index (χ3v) is 121. The molecule has 0 bridgehead atoms. The van der Waals surface area contributed by atoms with Crippen molar-refractivity contribution < 1.29 is 0 Å². The summed E-state index contributed by atoms with van der Waals surface area (Å²) in [5.74, 6) is 0. The lowest BCUT2D eigenvalue weighted by Crippen LogP contribution is -2.77. The van der Waals surface area contributed by atoms with Crippen LogP contribution in [0, 0.1) is 0 Å².